The average Bonchev–Trinajstić information content (AvgIpc) is 2.62. The van der Waals surface area contributed by atoms with E-state index >= 15 is 0 Å². The summed E-state index contributed by atoms with van der Waals surface area (Å²) in [5, 5.41) is 3.41. The number of fused-ring (bicyclic) bond motifs is 1. The van der Waals surface area contributed by atoms with Crippen molar-refractivity contribution in [3.05, 3.63) is 35.1 Å². The zero-order valence-electron chi connectivity index (χ0n) is 10.3. The number of aryl methyl sites for hydroxylation is 1. The SMILES string of the molecule is CNC(C(C)C)C1CCc2cc(F)ccc21. The van der Waals surface area contributed by atoms with E-state index in [1.54, 1.807) is 12.1 Å². The first kappa shape index (κ1) is 11.6. The Labute approximate surface area is 97.1 Å². The Morgan fingerprint density at radius 2 is 2.12 bits per heavy atom. The first-order chi connectivity index (χ1) is 7.63. The number of rotatable bonds is 3. The van der Waals surface area contributed by atoms with Crippen molar-refractivity contribution in [1.29, 1.82) is 0 Å². The van der Waals surface area contributed by atoms with Crippen molar-refractivity contribution < 1.29 is 4.39 Å². The second-order valence-electron chi connectivity index (χ2n) is 5.05. The van der Waals surface area contributed by atoms with Crippen LogP contribution in [0.2, 0.25) is 0 Å². The molecule has 0 saturated carbocycles. The molecule has 1 aromatic rings. The summed E-state index contributed by atoms with van der Waals surface area (Å²) in [6.07, 6.45) is 2.16. The quantitative estimate of drug-likeness (QED) is 0.827. The molecule has 0 bridgehead atoms. The van der Waals surface area contributed by atoms with Gasteiger partial charge in [0, 0.05) is 12.0 Å². The molecule has 88 valence electrons. The van der Waals surface area contributed by atoms with Crippen LogP contribution in [0.15, 0.2) is 18.2 Å². The van der Waals surface area contributed by atoms with Gasteiger partial charge in [-0.05, 0) is 49.1 Å². The molecule has 1 nitrogen and oxygen atoms in total. The highest BCUT2D eigenvalue weighted by atomic mass is 19.1. The maximum atomic E-state index is 13.1. The van der Waals surface area contributed by atoms with Crippen molar-refractivity contribution in [3.63, 3.8) is 0 Å². The molecule has 16 heavy (non-hydrogen) atoms. The Hall–Kier alpha value is -0.890. The molecule has 1 N–H and O–H groups in total. The van der Waals surface area contributed by atoms with Crippen LogP contribution in [0.1, 0.15) is 37.3 Å². The lowest BCUT2D eigenvalue weighted by Gasteiger charge is -2.27. The second kappa shape index (κ2) is 4.54. The third-order valence-corrected chi connectivity index (χ3v) is 3.71. The van der Waals surface area contributed by atoms with Crippen molar-refractivity contribution in [1.82, 2.24) is 5.32 Å². The molecule has 0 aromatic heterocycles. The summed E-state index contributed by atoms with van der Waals surface area (Å²) in [4.78, 5) is 0. The van der Waals surface area contributed by atoms with Crippen LogP contribution in [0.3, 0.4) is 0 Å². The van der Waals surface area contributed by atoms with Crippen molar-refractivity contribution >= 4 is 0 Å². The van der Waals surface area contributed by atoms with E-state index in [2.05, 4.69) is 19.2 Å². The van der Waals surface area contributed by atoms with Gasteiger partial charge in [0.05, 0.1) is 0 Å². The number of halogens is 1. The van der Waals surface area contributed by atoms with Crippen LogP contribution in [0.5, 0.6) is 0 Å². The van der Waals surface area contributed by atoms with Crippen LogP contribution in [0, 0.1) is 11.7 Å². The van der Waals surface area contributed by atoms with Crippen LogP contribution in [0.4, 0.5) is 4.39 Å². The Morgan fingerprint density at radius 1 is 1.38 bits per heavy atom. The predicted octanol–water partition coefficient (Wildman–Crippen LogP) is 3.10. The van der Waals surface area contributed by atoms with Gasteiger partial charge in [0.1, 0.15) is 5.82 Å². The number of nitrogens with one attached hydrogen (secondary N) is 1. The Kier molecular flexibility index (Phi) is 3.29. The molecule has 1 aliphatic carbocycles. The molecule has 0 amide bonds. The van der Waals surface area contributed by atoms with E-state index in [1.165, 1.54) is 11.1 Å². The molecular weight excluding hydrogens is 201 g/mol. The molecule has 0 heterocycles. The van der Waals surface area contributed by atoms with Gasteiger partial charge in [0.2, 0.25) is 0 Å². The summed E-state index contributed by atoms with van der Waals surface area (Å²) in [7, 11) is 2.02. The van der Waals surface area contributed by atoms with Crippen LogP contribution in [-0.4, -0.2) is 13.1 Å². The molecule has 0 spiro atoms. The monoisotopic (exact) mass is 221 g/mol. The molecule has 1 aromatic carbocycles. The van der Waals surface area contributed by atoms with Gasteiger partial charge in [-0.25, -0.2) is 4.39 Å². The number of benzene rings is 1. The largest absolute Gasteiger partial charge is 0.316 e. The van der Waals surface area contributed by atoms with E-state index in [1.807, 2.05) is 13.1 Å². The zero-order chi connectivity index (χ0) is 11.7. The first-order valence-electron chi connectivity index (χ1n) is 6.09. The Bertz CT molecular complexity index is 373. The number of hydrogen-bond acceptors (Lipinski definition) is 1. The fraction of sp³-hybridized carbons (Fsp3) is 0.571. The highest BCUT2D eigenvalue weighted by molar-refractivity contribution is 5.36. The van der Waals surface area contributed by atoms with Gasteiger partial charge in [-0.3, -0.25) is 0 Å². The topological polar surface area (TPSA) is 12.0 Å². The van der Waals surface area contributed by atoms with E-state index in [0.29, 0.717) is 17.9 Å². The van der Waals surface area contributed by atoms with Gasteiger partial charge < -0.3 is 5.32 Å². The molecule has 0 saturated heterocycles. The smallest absolute Gasteiger partial charge is 0.123 e. The first-order valence-corrected chi connectivity index (χ1v) is 6.09. The molecule has 2 rings (SSSR count). The summed E-state index contributed by atoms with van der Waals surface area (Å²) in [5.41, 5.74) is 2.54. The van der Waals surface area contributed by atoms with E-state index < -0.39 is 0 Å². The molecular formula is C14H20FN. The Morgan fingerprint density at radius 3 is 2.75 bits per heavy atom. The van der Waals surface area contributed by atoms with Crippen LogP contribution < -0.4 is 5.32 Å². The number of likely N-dealkylation sites (N-methyl/N-ethyl adjacent to an activating group) is 1. The van der Waals surface area contributed by atoms with E-state index in [0.717, 1.165) is 12.8 Å². The minimum absolute atomic E-state index is 0.107. The van der Waals surface area contributed by atoms with Gasteiger partial charge in [0.15, 0.2) is 0 Å². The maximum Gasteiger partial charge on any atom is 0.123 e. The molecule has 0 fully saturated rings. The van der Waals surface area contributed by atoms with Crippen molar-refractivity contribution in [2.45, 2.75) is 38.6 Å². The summed E-state index contributed by atoms with van der Waals surface area (Å²) < 4.78 is 13.1. The Balaban J connectivity index is 2.29. The van der Waals surface area contributed by atoms with Crippen molar-refractivity contribution in [3.8, 4) is 0 Å². The predicted molar refractivity (Wildman–Crippen MR) is 65.1 cm³/mol. The molecule has 2 atom stereocenters. The van der Waals surface area contributed by atoms with Crippen LogP contribution >= 0.6 is 0 Å². The lowest BCUT2D eigenvalue weighted by molar-refractivity contribution is 0.360. The number of hydrogen-bond donors (Lipinski definition) is 1. The summed E-state index contributed by atoms with van der Waals surface area (Å²) in [6.45, 7) is 4.48. The third kappa shape index (κ3) is 1.99. The molecule has 2 unspecified atom stereocenters. The van der Waals surface area contributed by atoms with Crippen molar-refractivity contribution in [2.24, 2.45) is 5.92 Å². The molecule has 2 heteroatoms. The average molecular weight is 221 g/mol. The lowest BCUT2D eigenvalue weighted by Crippen LogP contribution is -2.35. The highest BCUT2D eigenvalue weighted by Crippen LogP contribution is 2.37. The van der Waals surface area contributed by atoms with Gasteiger partial charge in [-0.1, -0.05) is 19.9 Å². The van der Waals surface area contributed by atoms with Gasteiger partial charge in [-0.15, -0.1) is 0 Å². The van der Waals surface area contributed by atoms with Crippen molar-refractivity contribution in [2.75, 3.05) is 7.05 Å². The summed E-state index contributed by atoms with van der Waals surface area (Å²) >= 11 is 0. The van der Waals surface area contributed by atoms with E-state index in [-0.39, 0.29) is 5.82 Å². The van der Waals surface area contributed by atoms with E-state index in [9.17, 15) is 4.39 Å². The second-order valence-corrected chi connectivity index (χ2v) is 5.05. The fourth-order valence-corrected chi connectivity index (χ4v) is 2.99. The lowest BCUT2D eigenvalue weighted by atomic mass is 9.86. The summed E-state index contributed by atoms with van der Waals surface area (Å²) in [6, 6.07) is 5.74. The third-order valence-electron chi connectivity index (χ3n) is 3.71. The zero-order valence-corrected chi connectivity index (χ0v) is 10.3. The standard InChI is InChI=1S/C14H20FN/c1-9(2)14(16-3)13-6-4-10-8-11(15)5-7-12(10)13/h5,7-9,13-14,16H,4,6H2,1-3H3. The molecule has 0 radical (unpaired) electrons. The highest BCUT2D eigenvalue weighted by Gasteiger charge is 2.30. The van der Waals surface area contributed by atoms with Crippen LogP contribution in [0.25, 0.3) is 0 Å². The van der Waals surface area contributed by atoms with E-state index in [4.69, 9.17) is 0 Å². The van der Waals surface area contributed by atoms with Gasteiger partial charge >= 0.3 is 0 Å². The maximum absolute atomic E-state index is 13.1. The molecule has 0 aliphatic heterocycles. The van der Waals surface area contributed by atoms with Gasteiger partial charge in [-0.2, -0.15) is 0 Å². The summed E-state index contributed by atoms with van der Waals surface area (Å²) in [5.74, 6) is 1.04. The molecule has 1 aliphatic rings. The minimum Gasteiger partial charge on any atom is -0.316 e. The fourth-order valence-electron chi connectivity index (χ4n) is 2.99. The van der Waals surface area contributed by atoms with Crippen LogP contribution in [-0.2, 0) is 6.42 Å². The minimum atomic E-state index is -0.107. The normalized spacial score (nSPS) is 21.2. The van der Waals surface area contributed by atoms with Gasteiger partial charge in [0.25, 0.3) is 0 Å².